The Kier molecular flexibility index (Phi) is 4.39. The molecule has 4 nitrogen and oxygen atoms in total. The van der Waals surface area contributed by atoms with Crippen LogP contribution < -0.4 is 16.4 Å². The predicted molar refractivity (Wildman–Crippen MR) is 67.5 cm³/mol. The van der Waals surface area contributed by atoms with E-state index in [4.69, 9.17) is 5.73 Å². The zero-order valence-electron chi connectivity index (χ0n) is 9.42. The minimum absolute atomic E-state index is 0.124. The van der Waals surface area contributed by atoms with Gasteiger partial charge in [0.2, 0.25) is 0 Å². The highest BCUT2D eigenvalue weighted by Gasteiger charge is 2.10. The van der Waals surface area contributed by atoms with Crippen molar-refractivity contribution in [3.05, 3.63) is 36.4 Å². The van der Waals surface area contributed by atoms with Gasteiger partial charge in [-0.05, 0) is 25.1 Å². The number of rotatable bonds is 5. The first-order valence-electron chi connectivity index (χ1n) is 5.21. The summed E-state index contributed by atoms with van der Waals surface area (Å²) in [6, 6.07) is 5.22. The molecule has 0 unspecified atom stereocenters. The minimum Gasteiger partial charge on any atom is -0.399 e. The maximum Gasteiger partial charge on any atom is 0.253 e. The number of nitrogens with one attached hydrogen (secondary N) is 2. The molecule has 0 spiro atoms. The Morgan fingerprint density at radius 2 is 2.31 bits per heavy atom. The highest BCUT2D eigenvalue weighted by molar-refractivity contribution is 6.00. The van der Waals surface area contributed by atoms with E-state index in [9.17, 15) is 4.79 Å². The van der Waals surface area contributed by atoms with Gasteiger partial charge in [0, 0.05) is 24.5 Å². The molecule has 0 bridgehead atoms. The largest absolute Gasteiger partial charge is 0.399 e. The molecule has 1 aromatic rings. The molecule has 0 aliphatic carbocycles. The van der Waals surface area contributed by atoms with Crippen LogP contribution in [-0.4, -0.2) is 19.0 Å². The van der Waals surface area contributed by atoms with Crippen molar-refractivity contribution in [3.8, 4) is 0 Å². The summed E-state index contributed by atoms with van der Waals surface area (Å²) in [6.07, 6.45) is 1.73. The first kappa shape index (κ1) is 12.1. The topological polar surface area (TPSA) is 67.1 Å². The summed E-state index contributed by atoms with van der Waals surface area (Å²) >= 11 is 0. The number of anilines is 2. The van der Waals surface area contributed by atoms with Crippen LogP contribution in [0.2, 0.25) is 0 Å². The Hall–Kier alpha value is -1.97. The second-order valence-corrected chi connectivity index (χ2v) is 3.33. The molecule has 0 heterocycles. The van der Waals surface area contributed by atoms with Gasteiger partial charge in [0.25, 0.3) is 5.91 Å². The molecule has 0 aliphatic heterocycles. The molecule has 1 amide bonds. The average molecular weight is 219 g/mol. The number of nitrogen functional groups attached to an aromatic ring is 1. The average Bonchev–Trinajstić information content (AvgIpc) is 2.27. The quantitative estimate of drug-likeness (QED) is 0.520. The summed E-state index contributed by atoms with van der Waals surface area (Å²) in [5.41, 5.74) is 7.56. The lowest BCUT2D eigenvalue weighted by Crippen LogP contribution is -2.24. The molecular weight excluding hydrogens is 202 g/mol. The number of hydrogen-bond donors (Lipinski definition) is 3. The van der Waals surface area contributed by atoms with Crippen molar-refractivity contribution in [1.29, 1.82) is 0 Å². The van der Waals surface area contributed by atoms with Crippen LogP contribution in [0, 0.1) is 0 Å². The Bertz CT molecular complexity index is 388. The van der Waals surface area contributed by atoms with Crippen LogP contribution in [0.4, 0.5) is 11.4 Å². The second-order valence-electron chi connectivity index (χ2n) is 3.33. The van der Waals surface area contributed by atoms with Crippen molar-refractivity contribution in [2.24, 2.45) is 0 Å². The summed E-state index contributed by atoms with van der Waals surface area (Å²) in [5, 5.41) is 5.84. The van der Waals surface area contributed by atoms with E-state index in [1.165, 1.54) is 0 Å². The molecule has 0 fully saturated rings. The van der Waals surface area contributed by atoms with E-state index < -0.39 is 0 Å². The van der Waals surface area contributed by atoms with Crippen LogP contribution in [0.3, 0.4) is 0 Å². The standard InChI is InChI=1S/C12H17N3O/c1-3-7-15-11-6-5-9(13)8-10(11)12(16)14-4-2/h3,5-6,8,15H,1,4,7,13H2,2H3,(H,14,16). The van der Waals surface area contributed by atoms with Crippen molar-refractivity contribution in [1.82, 2.24) is 5.32 Å². The number of hydrogen-bond acceptors (Lipinski definition) is 3. The Labute approximate surface area is 95.5 Å². The summed E-state index contributed by atoms with van der Waals surface area (Å²) in [4.78, 5) is 11.7. The van der Waals surface area contributed by atoms with Crippen molar-refractivity contribution in [2.45, 2.75) is 6.92 Å². The molecule has 0 aromatic heterocycles. The molecule has 0 aliphatic rings. The molecule has 0 atom stereocenters. The molecule has 1 aromatic carbocycles. The summed E-state index contributed by atoms with van der Waals surface area (Å²) < 4.78 is 0. The van der Waals surface area contributed by atoms with Gasteiger partial charge in [0.05, 0.1) is 5.56 Å². The lowest BCUT2D eigenvalue weighted by Gasteiger charge is -2.11. The van der Waals surface area contributed by atoms with Crippen LogP contribution in [0.5, 0.6) is 0 Å². The van der Waals surface area contributed by atoms with Crippen LogP contribution in [0.15, 0.2) is 30.9 Å². The third-order valence-corrected chi connectivity index (χ3v) is 2.06. The number of amides is 1. The number of carbonyl (C=O) groups excluding carboxylic acids is 1. The molecule has 0 radical (unpaired) electrons. The van der Waals surface area contributed by atoms with Crippen molar-refractivity contribution in [3.63, 3.8) is 0 Å². The molecular formula is C12H17N3O. The highest BCUT2D eigenvalue weighted by Crippen LogP contribution is 2.18. The smallest absolute Gasteiger partial charge is 0.253 e. The Morgan fingerprint density at radius 3 is 2.94 bits per heavy atom. The van der Waals surface area contributed by atoms with Gasteiger partial charge < -0.3 is 16.4 Å². The van der Waals surface area contributed by atoms with Crippen molar-refractivity contribution < 1.29 is 4.79 Å². The summed E-state index contributed by atoms with van der Waals surface area (Å²) in [5.74, 6) is -0.124. The van der Waals surface area contributed by atoms with E-state index in [-0.39, 0.29) is 5.91 Å². The summed E-state index contributed by atoms with van der Waals surface area (Å²) in [6.45, 7) is 6.69. The second kappa shape index (κ2) is 5.80. The minimum atomic E-state index is -0.124. The van der Waals surface area contributed by atoms with Crippen molar-refractivity contribution in [2.75, 3.05) is 24.1 Å². The maximum absolute atomic E-state index is 11.7. The van der Waals surface area contributed by atoms with E-state index in [1.807, 2.05) is 6.92 Å². The van der Waals surface area contributed by atoms with E-state index >= 15 is 0 Å². The van der Waals surface area contributed by atoms with Gasteiger partial charge in [-0.1, -0.05) is 6.08 Å². The normalized spacial score (nSPS) is 9.56. The summed E-state index contributed by atoms with van der Waals surface area (Å²) in [7, 11) is 0. The van der Waals surface area contributed by atoms with E-state index in [0.29, 0.717) is 24.3 Å². The number of nitrogens with two attached hydrogens (primary N) is 1. The van der Waals surface area contributed by atoms with Crippen molar-refractivity contribution >= 4 is 17.3 Å². The van der Waals surface area contributed by atoms with E-state index in [1.54, 1.807) is 24.3 Å². The third kappa shape index (κ3) is 3.02. The molecule has 4 heteroatoms. The van der Waals surface area contributed by atoms with Gasteiger partial charge in [0.1, 0.15) is 0 Å². The number of carbonyl (C=O) groups is 1. The fraction of sp³-hybridized carbons (Fsp3) is 0.250. The maximum atomic E-state index is 11.7. The number of benzene rings is 1. The van der Waals surface area contributed by atoms with Crippen LogP contribution in [-0.2, 0) is 0 Å². The fourth-order valence-corrected chi connectivity index (χ4v) is 1.34. The molecule has 86 valence electrons. The van der Waals surface area contributed by atoms with Gasteiger partial charge in [-0.25, -0.2) is 0 Å². The monoisotopic (exact) mass is 219 g/mol. The van der Waals surface area contributed by atoms with Crippen LogP contribution in [0.1, 0.15) is 17.3 Å². The van der Waals surface area contributed by atoms with Gasteiger partial charge >= 0.3 is 0 Å². The van der Waals surface area contributed by atoms with Gasteiger partial charge in [-0.15, -0.1) is 6.58 Å². The Balaban J connectivity index is 2.97. The zero-order chi connectivity index (χ0) is 12.0. The molecule has 4 N–H and O–H groups in total. The first-order chi connectivity index (χ1) is 7.69. The predicted octanol–water partition coefficient (Wildman–Crippen LogP) is 1.62. The zero-order valence-corrected chi connectivity index (χ0v) is 9.42. The molecule has 0 saturated heterocycles. The van der Waals surface area contributed by atoms with Crippen LogP contribution in [0.25, 0.3) is 0 Å². The lowest BCUT2D eigenvalue weighted by molar-refractivity contribution is 0.0956. The molecule has 0 saturated carbocycles. The van der Waals surface area contributed by atoms with Crippen LogP contribution >= 0.6 is 0 Å². The fourth-order valence-electron chi connectivity index (χ4n) is 1.34. The SMILES string of the molecule is C=CCNc1ccc(N)cc1C(=O)NCC. The third-order valence-electron chi connectivity index (χ3n) is 2.06. The molecule has 1 rings (SSSR count). The first-order valence-corrected chi connectivity index (χ1v) is 5.21. The lowest BCUT2D eigenvalue weighted by atomic mass is 10.1. The highest BCUT2D eigenvalue weighted by atomic mass is 16.1. The Morgan fingerprint density at radius 1 is 1.56 bits per heavy atom. The van der Waals surface area contributed by atoms with Gasteiger partial charge in [-0.3, -0.25) is 4.79 Å². The van der Waals surface area contributed by atoms with Gasteiger partial charge in [0.15, 0.2) is 0 Å². The van der Waals surface area contributed by atoms with E-state index in [0.717, 1.165) is 5.69 Å². The molecule has 16 heavy (non-hydrogen) atoms. The van der Waals surface area contributed by atoms with E-state index in [2.05, 4.69) is 17.2 Å². The van der Waals surface area contributed by atoms with Gasteiger partial charge in [-0.2, -0.15) is 0 Å².